The Morgan fingerprint density at radius 1 is 1.17 bits per heavy atom. The van der Waals surface area contributed by atoms with Crippen molar-refractivity contribution in [2.24, 2.45) is 10.9 Å². The van der Waals surface area contributed by atoms with Gasteiger partial charge < -0.3 is 0 Å². The zero-order valence-electron chi connectivity index (χ0n) is 16.4. The van der Waals surface area contributed by atoms with Gasteiger partial charge in [-0.3, -0.25) is 9.79 Å². The van der Waals surface area contributed by atoms with Gasteiger partial charge in [0.2, 0.25) is 0 Å². The zero-order valence-corrected chi connectivity index (χ0v) is 17.1. The molecule has 0 spiro atoms. The summed E-state index contributed by atoms with van der Waals surface area (Å²) in [7, 11) is 0. The summed E-state index contributed by atoms with van der Waals surface area (Å²) in [6, 6.07) is 20.1. The summed E-state index contributed by atoms with van der Waals surface area (Å²) in [5.41, 5.74) is 4.51. The first-order valence-corrected chi connectivity index (χ1v) is 10.1. The molecule has 1 heterocycles. The highest BCUT2D eigenvalue weighted by Crippen LogP contribution is 2.42. The first-order chi connectivity index (χ1) is 14.1. The van der Waals surface area contributed by atoms with Gasteiger partial charge in [0.15, 0.2) is 6.29 Å². The summed E-state index contributed by atoms with van der Waals surface area (Å²) >= 11 is 6.27. The average molecular weight is 403 g/mol. The number of benzene rings is 2. The number of rotatable bonds is 7. The number of halogens is 1. The molecule has 1 aliphatic heterocycles. The lowest BCUT2D eigenvalue weighted by Crippen LogP contribution is -2.27. The third-order valence-electron chi connectivity index (χ3n) is 5.27. The molecular weight excluding hydrogens is 380 g/mol. The Morgan fingerprint density at radius 2 is 1.97 bits per heavy atom. The topological polar surface area (TPSA) is 53.2 Å². The Kier molecular flexibility index (Phi) is 7.16. The van der Waals surface area contributed by atoms with E-state index in [9.17, 15) is 4.79 Å². The van der Waals surface area contributed by atoms with Crippen molar-refractivity contribution in [3.63, 3.8) is 0 Å². The molecule has 0 saturated heterocycles. The van der Waals surface area contributed by atoms with Crippen LogP contribution >= 0.6 is 11.6 Å². The molecule has 4 heteroatoms. The van der Waals surface area contributed by atoms with Gasteiger partial charge in [-0.1, -0.05) is 66.2 Å². The number of aliphatic imine (C=N–C) groups is 1. The molecule has 3 nitrogen and oxygen atoms in total. The Morgan fingerprint density at radius 3 is 2.66 bits per heavy atom. The predicted octanol–water partition coefficient (Wildman–Crippen LogP) is 6.37. The zero-order chi connectivity index (χ0) is 20.6. The summed E-state index contributed by atoms with van der Waals surface area (Å²) in [5, 5.41) is 9.79. The van der Waals surface area contributed by atoms with Crippen LogP contribution in [0.5, 0.6) is 0 Å². The number of carbonyl (C=O) groups excluding carboxylic acids is 1. The molecule has 0 amide bonds. The number of allylic oxidation sites excluding steroid dienone is 3. The second kappa shape index (κ2) is 10.0. The van der Waals surface area contributed by atoms with Gasteiger partial charge in [-0.2, -0.15) is 5.26 Å². The first kappa shape index (κ1) is 20.8. The van der Waals surface area contributed by atoms with Crippen LogP contribution in [0.2, 0.25) is 5.02 Å². The maximum absolute atomic E-state index is 11.8. The molecule has 2 atom stereocenters. The van der Waals surface area contributed by atoms with Crippen molar-refractivity contribution in [2.45, 2.75) is 32.1 Å². The number of aldehydes is 1. The van der Waals surface area contributed by atoms with E-state index in [0.29, 0.717) is 30.0 Å². The minimum Gasteiger partial charge on any atom is -0.296 e. The molecule has 0 saturated carbocycles. The third kappa shape index (κ3) is 5.10. The quantitative estimate of drug-likeness (QED) is 0.505. The highest BCUT2D eigenvalue weighted by molar-refractivity contribution is 6.30. The molecule has 29 heavy (non-hydrogen) atoms. The van der Waals surface area contributed by atoms with Crippen molar-refractivity contribution in [1.82, 2.24) is 0 Å². The lowest BCUT2D eigenvalue weighted by atomic mass is 9.73. The lowest BCUT2D eigenvalue weighted by Gasteiger charge is -2.33. The van der Waals surface area contributed by atoms with Gasteiger partial charge in [-0.25, -0.2) is 0 Å². The molecule has 146 valence electrons. The van der Waals surface area contributed by atoms with E-state index in [1.807, 2.05) is 61.5 Å². The maximum atomic E-state index is 11.8. The molecule has 2 aromatic carbocycles. The van der Waals surface area contributed by atoms with Crippen molar-refractivity contribution >= 4 is 29.7 Å². The van der Waals surface area contributed by atoms with E-state index in [4.69, 9.17) is 16.9 Å². The molecule has 0 N–H and O–H groups in total. The normalized spacial score (nSPS) is 19.1. The van der Waals surface area contributed by atoms with Gasteiger partial charge in [0.05, 0.1) is 6.07 Å². The van der Waals surface area contributed by atoms with E-state index in [1.165, 1.54) is 0 Å². The first-order valence-electron chi connectivity index (χ1n) is 9.71. The van der Waals surface area contributed by atoms with Gasteiger partial charge in [0.25, 0.3) is 0 Å². The number of nitriles is 1. The maximum Gasteiger partial charge on any atom is 0.168 e. The smallest absolute Gasteiger partial charge is 0.168 e. The highest BCUT2D eigenvalue weighted by Gasteiger charge is 2.33. The lowest BCUT2D eigenvalue weighted by molar-refractivity contribution is -0.105. The van der Waals surface area contributed by atoms with E-state index in [2.05, 4.69) is 23.2 Å². The average Bonchev–Trinajstić information content (AvgIpc) is 2.74. The molecule has 0 fully saturated rings. The summed E-state index contributed by atoms with van der Waals surface area (Å²) < 4.78 is 0. The van der Waals surface area contributed by atoms with Gasteiger partial charge in [0, 0.05) is 29.0 Å². The monoisotopic (exact) mass is 402 g/mol. The fraction of sp³-hybridized carbons (Fsp3) is 0.240. The summed E-state index contributed by atoms with van der Waals surface area (Å²) in [6.45, 7) is 1.94. The van der Waals surface area contributed by atoms with Crippen LogP contribution < -0.4 is 0 Å². The predicted molar refractivity (Wildman–Crippen MR) is 119 cm³/mol. The fourth-order valence-corrected chi connectivity index (χ4v) is 4.14. The van der Waals surface area contributed by atoms with Crippen LogP contribution in [0.3, 0.4) is 0 Å². The molecule has 0 bridgehead atoms. The molecule has 2 unspecified atom stereocenters. The summed E-state index contributed by atoms with van der Waals surface area (Å²) in [5.74, 6) is 0.0390. The van der Waals surface area contributed by atoms with Gasteiger partial charge >= 0.3 is 0 Å². The van der Waals surface area contributed by atoms with E-state index in [0.717, 1.165) is 28.7 Å². The molecule has 1 aliphatic rings. The Hall–Kier alpha value is -2.96. The van der Waals surface area contributed by atoms with Crippen molar-refractivity contribution in [3.05, 3.63) is 88.1 Å². The molecule has 3 rings (SSSR count). The van der Waals surface area contributed by atoms with Crippen LogP contribution in [-0.4, -0.2) is 12.0 Å². The second-order valence-corrected chi connectivity index (χ2v) is 7.57. The van der Waals surface area contributed by atoms with Crippen LogP contribution in [-0.2, 0) is 4.79 Å². The Balaban J connectivity index is 2.02. The molecule has 0 aromatic heterocycles. The van der Waals surface area contributed by atoms with Crippen LogP contribution in [0.4, 0.5) is 0 Å². The molecule has 2 aromatic rings. The Bertz CT molecular complexity index is 999. The summed E-state index contributed by atoms with van der Waals surface area (Å²) in [4.78, 5) is 16.4. The number of hydrogen-bond acceptors (Lipinski definition) is 3. The molecule has 0 radical (unpaired) electrons. The largest absolute Gasteiger partial charge is 0.296 e. The highest BCUT2D eigenvalue weighted by atomic mass is 35.5. The number of nitrogens with zero attached hydrogens (tertiary/aromatic N) is 2. The van der Waals surface area contributed by atoms with Crippen molar-refractivity contribution < 1.29 is 4.79 Å². The second-order valence-electron chi connectivity index (χ2n) is 7.13. The van der Waals surface area contributed by atoms with Crippen molar-refractivity contribution in [3.8, 4) is 6.07 Å². The van der Waals surface area contributed by atoms with E-state index in [-0.39, 0.29) is 11.8 Å². The van der Waals surface area contributed by atoms with E-state index < -0.39 is 0 Å². The van der Waals surface area contributed by atoms with Gasteiger partial charge in [0.1, 0.15) is 5.70 Å². The van der Waals surface area contributed by atoms with Crippen molar-refractivity contribution in [1.29, 1.82) is 5.26 Å². The Labute approximate surface area is 177 Å². The molecular formula is C25H23ClN2O. The minimum absolute atomic E-state index is 0.0276. The summed E-state index contributed by atoms with van der Waals surface area (Å²) in [6.07, 6.45) is 6.72. The fourth-order valence-electron chi connectivity index (χ4n) is 3.94. The van der Waals surface area contributed by atoms with Crippen LogP contribution in [0, 0.1) is 17.2 Å². The van der Waals surface area contributed by atoms with Crippen LogP contribution in [0.15, 0.2) is 76.9 Å². The van der Waals surface area contributed by atoms with E-state index in [1.54, 1.807) is 0 Å². The van der Waals surface area contributed by atoms with Crippen LogP contribution in [0.1, 0.15) is 43.2 Å². The number of carbonyl (C=O) groups is 1. The van der Waals surface area contributed by atoms with Crippen molar-refractivity contribution in [2.75, 3.05) is 0 Å². The van der Waals surface area contributed by atoms with Crippen LogP contribution in [0.25, 0.3) is 6.08 Å². The van der Waals surface area contributed by atoms with Gasteiger partial charge in [-0.15, -0.1) is 0 Å². The van der Waals surface area contributed by atoms with Gasteiger partial charge in [-0.05, 0) is 48.6 Å². The third-order valence-corrected chi connectivity index (χ3v) is 5.51. The van der Waals surface area contributed by atoms with E-state index >= 15 is 0 Å². The standard InChI is InChI=1S/C25H23ClN2O/c1-18-22(14-7-15-27)25(20-11-6-12-21(26)16-20)23(24(17-29)28-18)13-5-10-19-8-3-2-4-9-19/h2-6,8-12,16-17,22,25H,7,13-14H2,1H3. The molecule has 0 aliphatic carbocycles. The number of hydrogen-bond donors (Lipinski definition) is 0. The minimum atomic E-state index is -0.0276. The SMILES string of the molecule is CC1=NC(C=O)=C(CC=Cc2ccccc2)C(c2cccc(Cl)c2)C1CCC#N.